The highest BCUT2D eigenvalue weighted by molar-refractivity contribution is 7.89. The molecule has 1 aromatic rings. The van der Waals surface area contributed by atoms with Crippen molar-refractivity contribution in [3.05, 3.63) is 24.3 Å². The fraction of sp³-hybridized carbons (Fsp3) is 0.500. The van der Waals surface area contributed by atoms with Crippen molar-refractivity contribution in [2.75, 3.05) is 26.2 Å². The Labute approximate surface area is 117 Å². The van der Waals surface area contributed by atoms with Crippen LogP contribution in [0.4, 0.5) is 4.39 Å². The lowest BCUT2D eigenvalue weighted by Gasteiger charge is -2.35. The van der Waals surface area contributed by atoms with E-state index in [1.54, 1.807) is 6.92 Å². The van der Waals surface area contributed by atoms with Crippen molar-refractivity contribution in [3.8, 4) is 6.07 Å². The van der Waals surface area contributed by atoms with E-state index in [2.05, 4.69) is 11.1 Å². The molecule has 1 unspecified atom stereocenters. The van der Waals surface area contributed by atoms with Crippen LogP contribution >= 0.6 is 0 Å². The van der Waals surface area contributed by atoms with Gasteiger partial charge in [-0.2, -0.15) is 9.57 Å². The number of piperazine rings is 1. The lowest BCUT2D eigenvalue weighted by atomic mass is 10.2. The maximum Gasteiger partial charge on any atom is 0.244 e. The Kier molecular flexibility index (Phi) is 4.32. The first-order chi connectivity index (χ1) is 9.45. The molecule has 6 nitrogen and oxygen atoms in total. The average molecular weight is 298 g/mol. The second-order valence-electron chi connectivity index (χ2n) is 4.58. The van der Waals surface area contributed by atoms with Gasteiger partial charge in [0.05, 0.1) is 18.3 Å². The van der Waals surface area contributed by atoms with Crippen LogP contribution in [0.2, 0.25) is 0 Å². The molecule has 1 atom stereocenters. The van der Waals surface area contributed by atoms with Crippen LogP contribution in [0.1, 0.15) is 6.92 Å². The third kappa shape index (κ3) is 2.95. The number of nitriles is 1. The second-order valence-corrected chi connectivity index (χ2v) is 6.52. The highest BCUT2D eigenvalue weighted by Crippen LogP contribution is 2.18. The van der Waals surface area contributed by atoms with Gasteiger partial charge in [-0.3, -0.25) is 9.88 Å². The summed E-state index contributed by atoms with van der Waals surface area (Å²) in [7, 11) is -3.72. The highest BCUT2D eigenvalue weighted by atomic mass is 32.2. The Morgan fingerprint density at radius 2 is 2.00 bits per heavy atom. The minimum atomic E-state index is -3.72. The topological polar surface area (TPSA) is 77.3 Å². The number of sulfonamides is 1. The van der Waals surface area contributed by atoms with Crippen LogP contribution in [0.3, 0.4) is 0 Å². The maximum atomic E-state index is 13.1. The van der Waals surface area contributed by atoms with E-state index in [4.69, 9.17) is 5.26 Å². The van der Waals surface area contributed by atoms with E-state index in [-0.39, 0.29) is 24.0 Å². The summed E-state index contributed by atoms with van der Waals surface area (Å²) < 4.78 is 39.0. The standard InChI is InChI=1S/C12H15FN4O2S/c1-10(7-14)16-2-4-17(5-3-16)20(18,19)12-6-11(13)8-15-9-12/h6,8-10H,2-5H2,1H3. The van der Waals surface area contributed by atoms with Crippen molar-refractivity contribution in [2.45, 2.75) is 17.9 Å². The molecule has 0 N–H and O–H groups in total. The molecule has 1 saturated heterocycles. The summed E-state index contributed by atoms with van der Waals surface area (Å²) in [4.78, 5) is 5.34. The van der Waals surface area contributed by atoms with Crippen molar-refractivity contribution >= 4 is 10.0 Å². The Morgan fingerprint density at radius 1 is 1.35 bits per heavy atom. The van der Waals surface area contributed by atoms with Gasteiger partial charge < -0.3 is 0 Å². The number of halogens is 1. The van der Waals surface area contributed by atoms with Crippen molar-refractivity contribution in [1.82, 2.24) is 14.2 Å². The number of aromatic nitrogens is 1. The van der Waals surface area contributed by atoms with Crippen molar-refractivity contribution < 1.29 is 12.8 Å². The van der Waals surface area contributed by atoms with E-state index >= 15 is 0 Å². The fourth-order valence-electron chi connectivity index (χ4n) is 2.10. The normalized spacial score (nSPS) is 19.4. The molecule has 0 bridgehead atoms. The summed E-state index contributed by atoms with van der Waals surface area (Å²) >= 11 is 0. The molecule has 0 spiro atoms. The van der Waals surface area contributed by atoms with Crippen LogP contribution in [0, 0.1) is 17.1 Å². The van der Waals surface area contributed by atoms with Crippen molar-refractivity contribution in [1.29, 1.82) is 5.26 Å². The SMILES string of the molecule is CC(C#N)N1CCN(S(=O)(=O)c2cncc(F)c2)CC1. The molecular formula is C12H15FN4O2S. The van der Waals surface area contributed by atoms with Crippen LogP contribution in [-0.4, -0.2) is 54.8 Å². The molecule has 2 heterocycles. The zero-order valence-electron chi connectivity index (χ0n) is 11.0. The van der Waals surface area contributed by atoms with Crippen LogP contribution in [0.15, 0.2) is 23.4 Å². The second kappa shape index (κ2) is 5.83. The van der Waals surface area contributed by atoms with E-state index in [0.29, 0.717) is 13.1 Å². The van der Waals surface area contributed by atoms with Crippen LogP contribution in [0.25, 0.3) is 0 Å². The fourth-order valence-corrected chi connectivity index (χ4v) is 3.49. The molecule has 1 aliphatic rings. The molecule has 1 aromatic heterocycles. The molecule has 8 heteroatoms. The number of pyridine rings is 1. The van der Waals surface area contributed by atoms with Gasteiger partial charge in [-0.1, -0.05) is 0 Å². The predicted octanol–water partition coefficient (Wildman–Crippen LogP) is 0.439. The highest BCUT2D eigenvalue weighted by Gasteiger charge is 2.30. The van der Waals surface area contributed by atoms with Gasteiger partial charge in [0.25, 0.3) is 0 Å². The van der Waals surface area contributed by atoms with Gasteiger partial charge in [0.2, 0.25) is 10.0 Å². The minimum absolute atomic E-state index is 0.140. The molecule has 2 rings (SSSR count). The maximum absolute atomic E-state index is 13.1. The molecule has 0 aromatic carbocycles. The predicted molar refractivity (Wildman–Crippen MR) is 69.6 cm³/mol. The first-order valence-electron chi connectivity index (χ1n) is 6.19. The van der Waals surface area contributed by atoms with Gasteiger partial charge in [0, 0.05) is 32.4 Å². The molecule has 20 heavy (non-hydrogen) atoms. The molecule has 0 amide bonds. The Hall–Kier alpha value is -1.56. The van der Waals surface area contributed by atoms with E-state index in [1.807, 2.05) is 4.90 Å². The number of hydrogen-bond acceptors (Lipinski definition) is 5. The Morgan fingerprint density at radius 3 is 2.55 bits per heavy atom. The van der Waals surface area contributed by atoms with Crippen molar-refractivity contribution in [2.24, 2.45) is 0 Å². The van der Waals surface area contributed by atoms with Crippen LogP contribution in [0.5, 0.6) is 0 Å². The third-order valence-corrected chi connectivity index (χ3v) is 5.19. The largest absolute Gasteiger partial charge is 0.286 e. The zero-order valence-corrected chi connectivity index (χ0v) is 11.8. The molecule has 1 aliphatic heterocycles. The first kappa shape index (κ1) is 14.8. The van der Waals surface area contributed by atoms with Gasteiger partial charge in [0.15, 0.2) is 0 Å². The Balaban J connectivity index is 2.12. The summed E-state index contributed by atoms with van der Waals surface area (Å²) in [6, 6.07) is 2.85. The van der Waals surface area contributed by atoms with E-state index in [0.717, 1.165) is 18.5 Å². The smallest absolute Gasteiger partial charge is 0.244 e. The monoisotopic (exact) mass is 298 g/mol. The van der Waals surface area contributed by atoms with Gasteiger partial charge in [-0.05, 0) is 13.0 Å². The zero-order chi connectivity index (χ0) is 14.8. The number of rotatable bonds is 3. The lowest BCUT2D eigenvalue weighted by Crippen LogP contribution is -2.50. The number of hydrogen-bond donors (Lipinski definition) is 0. The molecular weight excluding hydrogens is 283 g/mol. The van der Waals surface area contributed by atoms with E-state index in [1.165, 1.54) is 4.31 Å². The summed E-state index contributed by atoms with van der Waals surface area (Å²) in [6.07, 6.45) is 2.11. The summed E-state index contributed by atoms with van der Waals surface area (Å²) in [5.41, 5.74) is 0. The first-order valence-corrected chi connectivity index (χ1v) is 7.63. The van der Waals surface area contributed by atoms with Gasteiger partial charge in [-0.15, -0.1) is 0 Å². The van der Waals surface area contributed by atoms with E-state index in [9.17, 15) is 12.8 Å². The van der Waals surface area contributed by atoms with Gasteiger partial charge in [0.1, 0.15) is 10.7 Å². The summed E-state index contributed by atoms with van der Waals surface area (Å²) in [6.45, 7) is 3.31. The van der Waals surface area contributed by atoms with Gasteiger partial charge in [-0.25, -0.2) is 12.8 Å². The average Bonchev–Trinajstić information content (AvgIpc) is 2.46. The molecule has 0 radical (unpaired) electrons. The quantitative estimate of drug-likeness (QED) is 0.809. The summed E-state index contributed by atoms with van der Waals surface area (Å²) in [5, 5.41) is 8.85. The summed E-state index contributed by atoms with van der Waals surface area (Å²) in [5.74, 6) is -0.678. The van der Waals surface area contributed by atoms with Crippen LogP contribution < -0.4 is 0 Å². The molecule has 0 saturated carbocycles. The number of nitrogens with zero attached hydrogens (tertiary/aromatic N) is 4. The molecule has 1 fully saturated rings. The van der Waals surface area contributed by atoms with Crippen LogP contribution in [-0.2, 0) is 10.0 Å². The van der Waals surface area contributed by atoms with Crippen molar-refractivity contribution in [3.63, 3.8) is 0 Å². The molecule has 0 aliphatic carbocycles. The lowest BCUT2D eigenvalue weighted by molar-refractivity contribution is 0.169. The Bertz CT molecular complexity index is 621. The third-order valence-electron chi connectivity index (χ3n) is 3.33. The molecule has 108 valence electrons. The minimum Gasteiger partial charge on any atom is -0.286 e. The van der Waals surface area contributed by atoms with Gasteiger partial charge >= 0.3 is 0 Å². The van der Waals surface area contributed by atoms with E-state index < -0.39 is 15.8 Å².